The van der Waals surface area contributed by atoms with E-state index in [1.54, 1.807) is 6.08 Å². The van der Waals surface area contributed by atoms with E-state index in [-0.39, 0.29) is 17.2 Å². The molecule has 0 spiro atoms. The minimum absolute atomic E-state index is 0.201. The average Bonchev–Trinajstić information content (AvgIpc) is 3.71. The van der Waals surface area contributed by atoms with Gasteiger partial charge in [0.05, 0.1) is 35.2 Å². The van der Waals surface area contributed by atoms with Crippen molar-refractivity contribution >= 4 is 44.4 Å². The first-order chi connectivity index (χ1) is 25.0. The van der Waals surface area contributed by atoms with Gasteiger partial charge in [-0.25, -0.2) is 14.8 Å². The second-order valence-electron chi connectivity index (χ2n) is 14.8. The minimum Gasteiger partial charge on any atom is -0.455 e. The third kappa shape index (κ3) is 7.52. The maximum absolute atomic E-state index is 13.9. The molecule has 270 valence electrons. The zero-order valence-electron chi connectivity index (χ0n) is 30.4. The van der Waals surface area contributed by atoms with Gasteiger partial charge in [0, 0.05) is 35.5 Å². The van der Waals surface area contributed by atoms with Crippen LogP contribution in [0.4, 0.5) is 10.9 Å². The first kappa shape index (κ1) is 35.5. The highest BCUT2D eigenvalue weighted by atomic mass is 32.1. The number of carbonyl (C=O) groups is 2. The maximum atomic E-state index is 13.9. The Kier molecular flexibility index (Phi) is 10.00. The lowest BCUT2D eigenvalue weighted by atomic mass is 9.84. The molecule has 0 atom stereocenters. The lowest BCUT2D eigenvalue weighted by Crippen LogP contribution is -2.40. The second-order valence-corrected chi connectivity index (χ2v) is 15.8. The van der Waals surface area contributed by atoms with E-state index in [2.05, 4.69) is 27.8 Å². The molecule has 2 aliphatic rings. The molecule has 1 fully saturated rings. The fraction of sp³-hybridized carbons (Fsp3) is 0.390. The number of esters is 1. The van der Waals surface area contributed by atoms with Crippen LogP contribution in [0.15, 0.2) is 73.4 Å². The minimum atomic E-state index is -0.712. The highest BCUT2D eigenvalue weighted by Crippen LogP contribution is 2.36. The molecule has 0 radical (unpaired) electrons. The van der Waals surface area contributed by atoms with Gasteiger partial charge in [0.2, 0.25) is 0 Å². The Morgan fingerprint density at radius 2 is 1.83 bits per heavy atom. The van der Waals surface area contributed by atoms with Crippen LogP contribution in [0.1, 0.15) is 90.5 Å². The van der Waals surface area contributed by atoms with Crippen LogP contribution in [0.25, 0.3) is 21.3 Å². The quantitative estimate of drug-likeness (QED) is 0.113. The summed E-state index contributed by atoms with van der Waals surface area (Å²) in [6.07, 6.45) is 9.74. The number of rotatable bonds is 10. The van der Waals surface area contributed by atoms with Gasteiger partial charge in [-0.05, 0) is 88.4 Å². The largest absolute Gasteiger partial charge is 0.455 e. The summed E-state index contributed by atoms with van der Waals surface area (Å²) in [5.74, 6) is -0.0588. The fourth-order valence-electron chi connectivity index (χ4n) is 7.33. The SMILES string of the molecule is C=CCOC1(Cn2ncc(-c3ccc(N4CCc5cccc(C(=O)Nc6nc7ccccc7s6)c5C4)nc3C(=O)OC(C)(C)C)c2C)CCCCC1. The molecule has 2 aromatic carbocycles. The highest BCUT2D eigenvalue weighted by Gasteiger charge is 2.35. The Hall–Kier alpha value is -4.87. The number of nitrogens with zero attached hydrogens (tertiary/aromatic N) is 5. The van der Waals surface area contributed by atoms with Crippen LogP contribution >= 0.6 is 11.3 Å². The van der Waals surface area contributed by atoms with E-state index in [1.165, 1.54) is 17.8 Å². The van der Waals surface area contributed by atoms with E-state index in [0.717, 1.165) is 64.7 Å². The standard InChI is InChI=1S/C41H46N6O4S/c1-6-23-50-41(20-10-7-11-21-41)26-47-27(2)31(24-42-47)29-17-18-35(44-36(29)38(49)51-40(3,4)5)46-22-19-28-13-12-14-30(32(28)25-46)37(48)45-39-43-33-15-8-9-16-34(33)52-39/h6,8-9,12-18,24H,1,7,10-11,19-23,25-26H2,2-5H3,(H,43,45,48). The number of aromatic nitrogens is 4. The number of pyridine rings is 1. The molecule has 11 heteroatoms. The van der Waals surface area contributed by atoms with Crippen LogP contribution < -0.4 is 10.2 Å². The Balaban J connectivity index is 1.18. The molecule has 3 aromatic heterocycles. The molecule has 0 unspecified atom stereocenters. The zero-order chi connectivity index (χ0) is 36.5. The van der Waals surface area contributed by atoms with Crippen LogP contribution in [-0.4, -0.2) is 56.0 Å². The molecule has 1 aliphatic carbocycles. The van der Waals surface area contributed by atoms with Crippen LogP contribution in [0.3, 0.4) is 0 Å². The van der Waals surface area contributed by atoms with Crippen molar-refractivity contribution in [1.29, 1.82) is 0 Å². The van der Waals surface area contributed by atoms with Gasteiger partial charge in [-0.3, -0.25) is 14.8 Å². The van der Waals surface area contributed by atoms with E-state index in [9.17, 15) is 9.59 Å². The lowest BCUT2D eigenvalue weighted by Gasteiger charge is -2.37. The summed E-state index contributed by atoms with van der Waals surface area (Å²) in [5, 5.41) is 8.38. The number of anilines is 2. The third-order valence-corrected chi connectivity index (χ3v) is 10.9. The smallest absolute Gasteiger partial charge is 0.358 e. The molecule has 1 amide bonds. The summed E-state index contributed by atoms with van der Waals surface area (Å²) in [6.45, 7) is 13.7. The maximum Gasteiger partial charge on any atom is 0.358 e. The predicted octanol–water partition coefficient (Wildman–Crippen LogP) is 8.54. The lowest BCUT2D eigenvalue weighted by molar-refractivity contribution is -0.0715. The van der Waals surface area contributed by atoms with E-state index >= 15 is 0 Å². The molecule has 52 heavy (non-hydrogen) atoms. The first-order valence-electron chi connectivity index (χ1n) is 18.1. The average molecular weight is 719 g/mol. The molecule has 7 rings (SSSR count). The van der Waals surface area contributed by atoms with Gasteiger partial charge >= 0.3 is 5.97 Å². The number of carbonyl (C=O) groups excluding carboxylic acids is 2. The molecule has 4 heterocycles. The molecule has 1 saturated carbocycles. The Morgan fingerprint density at radius 1 is 1.02 bits per heavy atom. The van der Waals surface area contributed by atoms with Crippen LogP contribution in [-0.2, 0) is 29.0 Å². The summed E-state index contributed by atoms with van der Waals surface area (Å²) in [4.78, 5) is 39.2. The van der Waals surface area contributed by atoms with Crippen molar-refractivity contribution in [3.8, 4) is 11.1 Å². The fourth-order valence-corrected chi connectivity index (χ4v) is 8.19. The normalized spacial score (nSPS) is 15.7. The van der Waals surface area contributed by atoms with E-state index < -0.39 is 11.6 Å². The van der Waals surface area contributed by atoms with Crippen molar-refractivity contribution in [2.75, 3.05) is 23.4 Å². The monoisotopic (exact) mass is 718 g/mol. The summed E-state index contributed by atoms with van der Waals surface area (Å²) in [5.41, 5.74) is 5.15. The van der Waals surface area contributed by atoms with Crippen LogP contribution in [0.5, 0.6) is 0 Å². The molecule has 1 N–H and O–H groups in total. The molecule has 10 nitrogen and oxygen atoms in total. The van der Waals surface area contributed by atoms with Crippen molar-refractivity contribution < 1.29 is 19.1 Å². The van der Waals surface area contributed by atoms with Gasteiger partial charge in [0.1, 0.15) is 11.4 Å². The second kappa shape index (κ2) is 14.6. The Labute approximate surface area is 308 Å². The summed E-state index contributed by atoms with van der Waals surface area (Å²) < 4.78 is 15.3. The van der Waals surface area contributed by atoms with Crippen LogP contribution in [0, 0.1) is 6.92 Å². The van der Waals surface area contributed by atoms with Crippen molar-refractivity contribution in [2.45, 2.75) is 90.5 Å². The first-order valence-corrected chi connectivity index (χ1v) is 18.9. The summed E-state index contributed by atoms with van der Waals surface area (Å²) in [6, 6.07) is 17.6. The summed E-state index contributed by atoms with van der Waals surface area (Å²) >= 11 is 1.45. The summed E-state index contributed by atoms with van der Waals surface area (Å²) in [7, 11) is 0. The number of para-hydroxylation sites is 1. The number of thiazole rings is 1. The van der Waals surface area contributed by atoms with Gasteiger partial charge in [-0.15, -0.1) is 6.58 Å². The van der Waals surface area contributed by atoms with E-state index in [1.807, 2.05) is 87.1 Å². The van der Waals surface area contributed by atoms with Crippen molar-refractivity contribution in [3.63, 3.8) is 0 Å². The van der Waals surface area contributed by atoms with Crippen LogP contribution in [0.2, 0.25) is 0 Å². The zero-order valence-corrected chi connectivity index (χ0v) is 31.2. The van der Waals surface area contributed by atoms with Crippen molar-refractivity contribution in [2.24, 2.45) is 0 Å². The van der Waals surface area contributed by atoms with Crippen molar-refractivity contribution in [1.82, 2.24) is 19.7 Å². The number of fused-ring (bicyclic) bond motifs is 2. The molecule has 1 aliphatic heterocycles. The topological polar surface area (TPSA) is 111 Å². The Bertz CT molecular complexity index is 2090. The molecule has 5 aromatic rings. The van der Waals surface area contributed by atoms with Crippen molar-refractivity contribution in [3.05, 3.63) is 102 Å². The van der Waals surface area contributed by atoms with Gasteiger partial charge in [-0.1, -0.05) is 60.9 Å². The Morgan fingerprint density at radius 3 is 2.60 bits per heavy atom. The van der Waals surface area contributed by atoms with Gasteiger partial charge in [0.15, 0.2) is 10.8 Å². The number of hydrogen-bond acceptors (Lipinski definition) is 9. The van der Waals surface area contributed by atoms with Gasteiger partial charge in [0.25, 0.3) is 5.91 Å². The highest BCUT2D eigenvalue weighted by molar-refractivity contribution is 7.22. The molecule has 0 bridgehead atoms. The number of ether oxygens (including phenoxy) is 2. The molecule has 0 saturated heterocycles. The van der Waals surface area contributed by atoms with E-state index in [4.69, 9.17) is 19.6 Å². The third-order valence-electron chi connectivity index (χ3n) is 9.93. The number of nitrogens with one attached hydrogen (secondary N) is 1. The number of amides is 1. The molecular formula is C41H46N6O4S. The van der Waals surface area contributed by atoms with E-state index in [0.29, 0.717) is 48.3 Å². The number of benzene rings is 2. The molecular weight excluding hydrogens is 673 g/mol. The number of hydrogen-bond donors (Lipinski definition) is 1. The van der Waals surface area contributed by atoms with Gasteiger partial charge < -0.3 is 14.4 Å². The predicted molar refractivity (Wildman–Crippen MR) is 206 cm³/mol. The van der Waals surface area contributed by atoms with Gasteiger partial charge in [-0.2, -0.15) is 5.10 Å².